The average molecular weight is 481 g/mol. The van der Waals surface area contributed by atoms with Crippen LogP contribution in [0.3, 0.4) is 0 Å². The number of carbonyl (C=O) groups is 2. The van der Waals surface area contributed by atoms with Crippen molar-refractivity contribution in [2.75, 3.05) is 11.6 Å². The molecule has 2 amide bonds. The first-order valence-corrected chi connectivity index (χ1v) is 10.9. The average Bonchev–Trinajstić information content (AvgIpc) is 3.36. The molecular weight excluding hydrogens is 461 g/mol. The molecule has 2 atom stereocenters. The van der Waals surface area contributed by atoms with Gasteiger partial charge in [0.15, 0.2) is 0 Å². The van der Waals surface area contributed by atoms with Gasteiger partial charge in [0.2, 0.25) is 5.91 Å². The Morgan fingerprint density at radius 2 is 1.77 bits per heavy atom. The van der Waals surface area contributed by atoms with Crippen molar-refractivity contribution in [3.63, 3.8) is 0 Å². The number of nitrogens with one attached hydrogen (secondary N) is 1. The second kappa shape index (κ2) is 9.04. The summed E-state index contributed by atoms with van der Waals surface area (Å²) in [6, 6.07) is 11.7. The molecule has 2 aromatic rings. The molecular formula is C21H20Cl3N5O2. The smallest absolute Gasteiger partial charge is 0.281 e. The lowest BCUT2D eigenvalue weighted by atomic mass is 10.0. The maximum atomic E-state index is 13.0. The van der Waals surface area contributed by atoms with Gasteiger partial charge < -0.3 is 5.73 Å². The van der Waals surface area contributed by atoms with E-state index in [0.29, 0.717) is 45.9 Å². The van der Waals surface area contributed by atoms with E-state index in [1.807, 2.05) is 12.1 Å². The van der Waals surface area contributed by atoms with Gasteiger partial charge in [0.25, 0.3) is 5.91 Å². The minimum Gasteiger partial charge on any atom is -0.368 e. The summed E-state index contributed by atoms with van der Waals surface area (Å²) in [5, 5.41) is 9.42. The van der Waals surface area contributed by atoms with Gasteiger partial charge in [0.05, 0.1) is 16.8 Å². The molecule has 0 spiro atoms. The third-order valence-corrected chi connectivity index (χ3v) is 6.20. The third-order valence-electron chi connectivity index (χ3n) is 5.41. The molecule has 2 unspecified atom stereocenters. The van der Waals surface area contributed by atoms with Gasteiger partial charge in [-0.15, -0.1) is 0 Å². The minimum atomic E-state index is -0.514. The van der Waals surface area contributed by atoms with Crippen molar-refractivity contribution in [2.45, 2.75) is 31.3 Å². The first-order valence-electron chi connectivity index (χ1n) is 9.77. The van der Waals surface area contributed by atoms with Crippen LogP contribution in [0.15, 0.2) is 47.6 Å². The van der Waals surface area contributed by atoms with Crippen molar-refractivity contribution in [2.24, 2.45) is 10.8 Å². The van der Waals surface area contributed by atoms with Gasteiger partial charge in [0, 0.05) is 23.0 Å². The number of anilines is 1. The van der Waals surface area contributed by atoms with E-state index in [4.69, 9.17) is 40.5 Å². The highest BCUT2D eigenvalue weighted by Crippen LogP contribution is 2.39. The molecule has 2 heterocycles. The Hall–Kier alpha value is -2.32. The predicted molar refractivity (Wildman–Crippen MR) is 122 cm³/mol. The first kappa shape index (κ1) is 21.9. The molecule has 0 aliphatic carbocycles. The molecule has 4 rings (SSSR count). The van der Waals surface area contributed by atoms with Crippen molar-refractivity contribution in [3.8, 4) is 0 Å². The van der Waals surface area contributed by atoms with Gasteiger partial charge in [-0.3, -0.25) is 20.0 Å². The van der Waals surface area contributed by atoms with Crippen molar-refractivity contribution in [3.05, 3.63) is 63.1 Å². The Morgan fingerprint density at radius 1 is 1.06 bits per heavy atom. The Balaban J connectivity index is 1.63. The number of hydrazine groups is 1. The Kier molecular flexibility index (Phi) is 6.39. The SMILES string of the molecule is NC(=O)C1CCCN1NC(=O)C1=NN(c2ccc(Cl)cc2Cl)C(c2ccc(Cl)cc2)C1. The number of hydrogen-bond acceptors (Lipinski definition) is 5. The van der Waals surface area contributed by atoms with Crippen LogP contribution in [0.4, 0.5) is 5.69 Å². The summed E-state index contributed by atoms with van der Waals surface area (Å²) < 4.78 is 0. The summed E-state index contributed by atoms with van der Waals surface area (Å²) >= 11 is 18.5. The van der Waals surface area contributed by atoms with E-state index in [9.17, 15) is 9.59 Å². The number of benzene rings is 2. The highest BCUT2D eigenvalue weighted by molar-refractivity contribution is 6.40. The Bertz CT molecular complexity index is 1040. The summed E-state index contributed by atoms with van der Waals surface area (Å²) in [5.74, 6) is -0.834. The Labute approximate surface area is 194 Å². The maximum Gasteiger partial charge on any atom is 0.281 e. The van der Waals surface area contributed by atoms with Gasteiger partial charge in [-0.1, -0.05) is 46.9 Å². The zero-order chi connectivity index (χ0) is 22.1. The van der Waals surface area contributed by atoms with Crippen LogP contribution < -0.4 is 16.2 Å². The molecule has 7 nitrogen and oxygen atoms in total. The molecule has 0 radical (unpaired) electrons. The molecule has 2 aromatic carbocycles. The molecule has 2 aliphatic rings. The van der Waals surface area contributed by atoms with Crippen molar-refractivity contribution < 1.29 is 9.59 Å². The summed E-state index contributed by atoms with van der Waals surface area (Å²) in [6.45, 7) is 0.556. The number of rotatable bonds is 5. The van der Waals surface area contributed by atoms with Gasteiger partial charge in [-0.2, -0.15) is 5.10 Å². The van der Waals surface area contributed by atoms with Crippen molar-refractivity contribution >= 4 is 58.0 Å². The normalized spacial score (nSPS) is 21.3. The van der Waals surface area contributed by atoms with Crippen LogP contribution in [0, 0.1) is 0 Å². The molecule has 1 fully saturated rings. The molecule has 162 valence electrons. The van der Waals surface area contributed by atoms with Crippen LogP contribution in [0.2, 0.25) is 15.1 Å². The molecule has 0 saturated carbocycles. The number of halogens is 3. The van der Waals surface area contributed by atoms with Crippen molar-refractivity contribution in [1.82, 2.24) is 10.4 Å². The monoisotopic (exact) mass is 479 g/mol. The van der Waals surface area contributed by atoms with Gasteiger partial charge in [-0.05, 0) is 48.7 Å². The zero-order valence-corrected chi connectivity index (χ0v) is 18.7. The fourth-order valence-corrected chi connectivity index (χ4v) is 4.49. The van der Waals surface area contributed by atoms with E-state index in [2.05, 4.69) is 10.5 Å². The second-order valence-corrected chi connectivity index (χ2v) is 8.73. The van der Waals surface area contributed by atoms with Gasteiger partial charge >= 0.3 is 0 Å². The molecule has 0 aromatic heterocycles. The van der Waals surface area contributed by atoms with Crippen LogP contribution >= 0.6 is 34.8 Å². The number of nitrogens with zero attached hydrogens (tertiary/aromatic N) is 3. The largest absolute Gasteiger partial charge is 0.368 e. The number of nitrogens with two attached hydrogens (primary N) is 1. The number of carbonyl (C=O) groups excluding carboxylic acids is 2. The molecule has 3 N–H and O–H groups in total. The fraction of sp³-hybridized carbons (Fsp3) is 0.286. The second-order valence-electron chi connectivity index (χ2n) is 7.45. The number of amides is 2. The van der Waals surface area contributed by atoms with Crippen LogP contribution in [0.5, 0.6) is 0 Å². The van der Waals surface area contributed by atoms with E-state index < -0.39 is 11.9 Å². The van der Waals surface area contributed by atoms with Crippen LogP contribution in [-0.2, 0) is 9.59 Å². The highest BCUT2D eigenvalue weighted by Gasteiger charge is 2.36. The number of primary amides is 1. The standard InChI is InChI=1S/C21H20Cl3N5O2/c22-13-5-3-12(4-6-13)19-11-16(21(31)27-28-9-1-2-18(28)20(25)30)26-29(19)17-8-7-14(23)10-15(17)24/h3-8,10,18-19H,1-2,9,11H2,(H2,25,30)(H,27,31). The lowest BCUT2D eigenvalue weighted by Gasteiger charge is -2.25. The van der Waals surface area contributed by atoms with Crippen LogP contribution in [0.25, 0.3) is 0 Å². The quantitative estimate of drug-likeness (QED) is 0.678. The third kappa shape index (κ3) is 4.65. The van der Waals surface area contributed by atoms with E-state index in [0.717, 1.165) is 12.0 Å². The summed E-state index contributed by atoms with van der Waals surface area (Å²) in [7, 11) is 0. The summed E-state index contributed by atoms with van der Waals surface area (Å²) in [6.07, 6.45) is 1.74. The summed E-state index contributed by atoms with van der Waals surface area (Å²) in [5.41, 5.74) is 10.1. The van der Waals surface area contributed by atoms with Crippen LogP contribution in [-0.4, -0.2) is 35.1 Å². The summed E-state index contributed by atoms with van der Waals surface area (Å²) in [4.78, 5) is 24.6. The Morgan fingerprint density at radius 3 is 2.45 bits per heavy atom. The lowest BCUT2D eigenvalue weighted by Crippen LogP contribution is -2.51. The van der Waals surface area contributed by atoms with E-state index in [1.165, 1.54) is 0 Å². The number of hydrogen-bond donors (Lipinski definition) is 2. The van der Waals surface area contributed by atoms with Crippen LogP contribution in [0.1, 0.15) is 30.9 Å². The highest BCUT2D eigenvalue weighted by atomic mass is 35.5. The van der Waals surface area contributed by atoms with Gasteiger partial charge in [0.1, 0.15) is 11.8 Å². The number of hydrazone groups is 1. The molecule has 2 aliphatic heterocycles. The first-order chi connectivity index (χ1) is 14.8. The molecule has 0 bridgehead atoms. The topological polar surface area (TPSA) is 91.0 Å². The van der Waals surface area contributed by atoms with E-state index in [-0.39, 0.29) is 11.9 Å². The zero-order valence-electron chi connectivity index (χ0n) is 16.4. The predicted octanol–water partition coefficient (Wildman–Crippen LogP) is 3.94. The molecule has 1 saturated heterocycles. The van der Waals surface area contributed by atoms with E-state index >= 15 is 0 Å². The van der Waals surface area contributed by atoms with E-state index in [1.54, 1.807) is 40.3 Å². The lowest BCUT2D eigenvalue weighted by molar-refractivity contribution is -0.126. The molecule has 10 heteroatoms. The maximum absolute atomic E-state index is 13.0. The fourth-order valence-electron chi connectivity index (χ4n) is 3.87. The van der Waals surface area contributed by atoms with Gasteiger partial charge in [-0.25, -0.2) is 5.01 Å². The minimum absolute atomic E-state index is 0.262. The van der Waals surface area contributed by atoms with Crippen molar-refractivity contribution in [1.29, 1.82) is 0 Å². The molecule has 31 heavy (non-hydrogen) atoms.